The molecule has 0 saturated heterocycles. The normalized spacial score (nSPS) is 17.4. The molecule has 1 aliphatic rings. The zero-order chi connectivity index (χ0) is 14.6. The van der Waals surface area contributed by atoms with Crippen LogP contribution in [0.4, 0.5) is 10.5 Å². The van der Waals surface area contributed by atoms with Crippen molar-refractivity contribution >= 4 is 11.7 Å². The third-order valence-electron chi connectivity index (χ3n) is 4.01. The van der Waals surface area contributed by atoms with Gasteiger partial charge in [0.05, 0.1) is 6.10 Å². The lowest BCUT2D eigenvalue weighted by Gasteiger charge is -2.15. The van der Waals surface area contributed by atoms with Crippen LogP contribution in [0.5, 0.6) is 0 Å². The summed E-state index contributed by atoms with van der Waals surface area (Å²) in [4.78, 5) is 11.8. The van der Waals surface area contributed by atoms with E-state index in [1.165, 1.54) is 25.7 Å². The zero-order valence-corrected chi connectivity index (χ0v) is 12.3. The molecule has 0 heterocycles. The summed E-state index contributed by atoms with van der Waals surface area (Å²) in [6.45, 7) is 4.67. The Hall–Kier alpha value is -1.55. The molecular formula is C16H24N2O2. The van der Waals surface area contributed by atoms with Crippen molar-refractivity contribution < 1.29 is 9.90 Å². The Morgan fingerprint density at radius 2 is 2.00 bits per heavy atom. The molecule has 1 aromatic carbocycles. The molecule has 0 aliphatic heterocycles. The van der Waals surface area contributed by atoms with E-state index in [0.717, 1.165) is 17.8 Å². The summed E-state index contributed by atoms with van der Waals surface area (Å²) < 4.78 is 0. The smallest absolute Gasteiger partial charge is 0.319 e. The standard InChI is InChI=1S/C16H24N2O2/c1-3-8-16(9-10-16)11-17-15(20)18-14-6-4-13(5-7-14)12(2)19/h4-7,12,19H,3,8-11H2,1-2H3,(H2,17,18,20). The van der Waals surface area contributed by atoms with Crippen LogP contribution in [0, 0.1) is 5.41 Å². The van der Waals surface area contributed by atoms with Gasteiger partial charge in [-0.3, -0.25) is 0 Å². The SMILES string of the molecule is CCCC1(CNC(=O)Nc2ccc(C(C)O)cc2)CC1. The first-order chi connectivity index (χ1) is 9.54. The minimum absolute atomic E-state index is 0.155. The maximum atomic E-state index is 11.8. The van der Waals surface area contributed by atoms with Crippen molar-refractivity contribution in [3.8, 4) is 0 Å². The lowest BCUT2D eigenvalue weighted by atomic mass is 10.0. The van der Waals surface area contributed by atoms with Crippen LogP contribution >= 0.6 is 0 Å². The second kappa shape index (κ2) is 6.27. The number of carbonyl (C=O) groups excluding carboxylic acids is 1. The summed E-state index contributed by atoms with van der Waals surface area (Å²) in [5, 5.41) is 15.2. The Morgan fingerprint density at radius 1 is 1.35 bits per heavy atom. The molecule has 1 saturated carbocycles. The van der Waals surface area contributed by atoms with Gasteiger partial charge in [0.1, 0.15) is 0 Å². The minimum Gasteiger partial charge on any atom is -0.389 e. The van der Waals surface area contributed by atoms with Crippen LogP contribution in [0.25, 0.3) is 0 Å². The van der Waals surface area contributed by atoms with E-state index in [2.05, 4.69) is 17.6 Å². The van der Waals surface area contributed by atoms with Crippen LogP contribution in [0.15, 0.2) is 24.3 Å². The molecule has 3 N–H and O–H groups in total. The first-order valence-electron chi connectivity index (χ1n) is 7.37. The average molecular weight is 276 g/mol. The Labute approximate surface area is 120 Å². The second-order valence-electron chi connectivity index (χ2n) is 5.86. The molecule has 0 spiro atoms. The Bertz CT molecular complexity index is 450. The molecule has 0 radical (unpaired) electrons. The summed E-state index contributed by atoms with van der Waals surface area (Å²) in [6, 6.07) is 7.10. The predicted molar refractivity (Wildman–Crippen MR) is 80.7 cm³/mol. The Balaban J connectivity index is 1.79. The van der Waals surface area contributed by atoms with Crippen molar-refractivity contribution in [1.29, 1.82) is 0 Å². The van der Waals surface area contributed by atoms with Gasteiger partial charge in [-0.1, -0.05) is 25.5 Å². The molecule has 0 bridgehead atoms. The van der Waals surface area contributed by atoms with Gasteiger partial charge in [-0.15, -0.1) is 0 Å². The lowest BCUT2D eigenvalue weighted by Crippen LogP contribution is -2.33. The third-order valence-corrected chi connectivity index (χ3v) is 4.01. The van der Waals surface area contributed by atoms with E-state index >= 15 is 0 Å². The number of rotatable bonds is 6. The van der Waals surface area contributed by atoms with Crippen molar-refractivity contribution in [3.63, 3.8) is 0 Å². The highest BCUT2D eigenvalue weighted by Crippen LogP contribution is 2.48. The molecule has 2 amide bonds. The molecule has 0 aromatic heterocycles. The van der Waals surface area contributed by atoms with E-state index in [4.69, 9.17) is 0 Å². The van der Waals surface area contributed by atoms with Gasteiger partial charge in [-0.05, 0) is 49.3 Å². The molecule has 1 fully saturated rings. The summed E-state index contributed by atoms with van der Waals surface area (Å²) in [5.41, 5.74) is 1.95. The Kier molecular flexibility index (Phi) is 4.65. The van der Waals surface area contributed by atoms with Gasteiger partial charge in [0.15, 0.2) is 0 Å². The summed E-state index contributed by atoms with van der Waals surface area (Å²) in [7, 11) is 0. The average Bonchev–Trinajstić information content (AvgIpc) is 3.18. The van der Waals surface area contributed by atoms with Crippen molar-refractivity contribution in [2.45, 2.75) is 45.6 Å². The minimum atomic E-state index is -0.485. The van der Waals surface area contributed by atoms with E-state index in [0.29, 0.717) is 5.41 Å². The zero-order valence-electron chi connectivity index (χ0n) is 12.3. The fourth-order valence-corrected chi connectivity index (χ4v) is 2.51. The maximum Gasteiger partial charge on any atom is 0.319 e. The van der Waals surface area contributed by atoms with Gasteiger partial charge in [0.25, 0.3) is 0 Å². The van der Waals surface area contributed by atoms with Crippen LogP contribution in [0.3, 0.4) is 0 Å². The molecule has 2 rings (SSSR count). The number of carbonyl (C=O) groups is 1. The highest BCUT2D eigenvalue weighted by molar-refractivity contribution is 5.89. The number of aliphatic hydroxyl groups is 1. The first-order valence-corrected chi connectivity index (χ1v) is 7.37. The van der Waals surface area contributed by atoms with E-state index < -0.39 is 6.10 Å². The van der Waals surface area contributed by atoms with Gasteiger partial charge in [0, 0.05) is 12.2 Å². The number of hydrogen-bond donors (Lipinski definition) is 3. The van der Waals surface area contributed by atoms with E-state index in [-0.39, 0.29) is 6.03 Å². The molecule has 20 heavy (non-hydrogen) atoms. The number of nitrogens with one attached hydrogen (secondary N) is 2. The topological polar surface area (TPSA) is 61.4 Å². The first kappa shape index (κ1) is 14.9. The molecule has 4 heteroatoms. The van der Waals surface area contributed by atoms with Crippen LogP contribution in [0.1, 0.15) is 51.2 Å². The molecule has 1 aromatic rings. The lowest BCUT2D eigenvalue weighted by molar-refractivity contribution is 0.199. The van der Waals surface area contributed by atoms with E-state index in [1.54, 1.807) is 19.1 Å². The van der Waals surface area contributed by atoms with Gasteiger partial charge in [0.2, 0.25) is 0 Å². The molecule has 110 valence electrons. The summed E-state index contributed by atoms with van der Waals surface area (Å²) in [5.74, 6) is 0. The molecule has 1 atom stereocenters. The van der Waals surface area contributed by atoms with Gasteiger partial charge in [-0.2, -0.15) is 0 Å². The highest BCUT2D eigenvalue weighted by Gasteiger charge is 2.41. The molecule has 1 aliphatic carbocycles. The molecule has 4 nitrogen and oxygen atoms in total. The number of benzene rings is 1. The molecular weight excluding hydrogens is 252 g/mol. The van der Waals surface area contributed by atoms with Crippen LogP contribution in [0.2, 0.25) is 0 Å². The molecule has 1 unspecified atom stereocenters. The number of amides is 2. The predicted octanol–water partition coefficient (Wildman–Crippen LogP) is 3.44. The summed E-state index contributed by atoms with van der Waals surface area (Å²) in [6.07, 6.45) is 4.33. The maximum absolute atomic E-state index is 11.8. The largest absolute Gasteiger partial charge is 0.389 e. The number of aliphatic hydroxyl groups excluding tert-OH is 1. The van der Waals surface area contributed by atoms with Crippen LogP contribution in [-0.2, 0) is 0 Å². The number of hydrogen-bond acceptors (Lipinski definition) is 2. The van der Waals surface area contributed by atoms with Crippen molar-refractivity contribution in [2.75, 3.05) is 11.9 Å². The van der Waals surface area contributed by atoms with E-state index in [1.807, 2.05) is 12.1 Å². The number of urea groups is 1. The quantitative estimate of drug-likeness (QED) is 0.745. The highest BCUT2D eigenvalue weighted by atomic mass is 16.3. The van der Waals surface area contributed by atoms with Gasteiger partial charge in [-0.25, -0.2) is 4.79 Å². The third kappa shape index (κ3) is 3.97. The second-order valence-corrected chi connectivity index (χ2v) is 5.86. The van der Waals surface area contributed by atoms with Crippen molar-refractivity contribution in [2.24, 2.45) is 5.41 Å². The van der Waals surface area contributed by atoms with Crippen LogP contribution < -0.4 is 10.6 Å². The fraction of sp³-hybridized carbons (Fsp3) is 0.562. The van der Waals surface area contributed by atoms with E-state index in [9.17, 15) is 9.90 Å². The van der Waals surface area contributed by atoms with Gasteiger partial charge < -0.3 is 15.7 Å². The summed E-state index contributed by atoms with van der Waals surface area (Å²) >= 11 is 0. The number of anilines is 1. The van der Waals surface area contributed by atoms with Crippen LogP contribution in [-0.4, -0.2) is 17.7 Å². The fourth-order valence-electron chi connectivity index (χ4n) is 2.51. The van der Waals surface area contributed by atoms with Crippen molar-refractivity contribution in [1.82, 2.24) is 5.32 Å². The van der Waals surface area contributed by atoms with Gasteiger partial charge >= 0.3 is 6.03 Å². The Morgan fingerprint density at radius 3 is 2.50 bits per heavy atom. The monoisotopic (exact) mass is 276 g/mol. The van der Waals surface area contributed by atoms with Crippen molar-refractivity contribution in [3.05, 3.63) is 29.8 Å².